The largest absolute Gasteiger partial charge is 0.507 e. The van der Waals surface area contributed by atoms with Crippen LogP contribution in [0.3, 0.4) is 0 Å². The van der Waals surface area contributed by atoms with E-state index in [2.05, 4.69) is 6.92 Å². The molecule has 0 spiro atoms. The zero-order chi connectivity index (χ0) is 31.9. The van der Waals surface area contributed by atoms with Gasteiger partial charge in [0.05, 0.1) is 29.4 Å². The molecule has 1 aliphatic carbocycles. The lowest BCUT2D eigenvalue weighted by molar-refractivity contribution is -0.217. The van der Waals surface area contributed by atoms with Crippen LogP contribution in [0.15, 0.2) is 54.6 Å². The minimum atomic E-state index is -2.24. The van der Waals surface area contributed by atoms with Gasteiger partial charge in [0.15, 0.2) is 23.0 Å². The van der Waals surface area contributed by atoms with Gasteiger partial charge in [0.25, 0.3) is 0 Å². The van der Waals surface area contributed by atoms with Crippen molar-refractivity contribution < 1.29 is 44.7 Å². The summed E-state index contributed by atoms with van der Waals surface area (Å²) in [5.41, 5.74) is -2.34. The number of ketones is 3. The van der Waals surface area contributed by atoms with E-state index in [9.17, 15) is 39.9 Å². The van der Waals surface area contributed by atoms with Crippen LogP contribution < -0.4 is 0 Å². The van der Waals surface area contributed by atoms with Crippen LogP contribution in [0.5, 0.6) is 17.2 Å². The zero-order valence-corrected chi connectivity index (χ0v) is 24.8. The van der Waals surface area contributed by atoms with Gasteiger partial charge >= 0.3 is 0 Å². The highest BCUT2D eigenvalue weighted by Gasteiger charge is 2.53. The van der Waals surface area contributed by atoms with Crippen LogP contribution >= 0.6 is 0 Å². The van der Waals surface area contributed by atoms with E-state index in [-0.39, 0.29) is 50.8 Å². The van der Waals surface area contributed by atoms with Gasteiger partial charge in [-0.3, -0.25) is 14.4 Å². The maximum Gasteiger partial charge on any atom is 0.198 e. The topological polar surface area (TPSA) is 162 Å². The molecule has 2 aliphatic rings. The Morgan fingerprint density at radius 3 is 2.39 bits per heavy atom. The van der Waals surface area contributed by atoms with Crippen LogP contribution in [0, 0.1) is 6.92 Å². The average molecular weight is 601 g/mol. The number of hydrogen-bond acceptors (Lipinski definition) is 9. The van der Waals surface area contributed by atoms with Crippen LogP contribution in [-0.2, 0) is 9.53 Å². The predicted molar refractivity (Wildman–Crippen MR) is 163 cm³/mol. The highest BCUT2D eigenvalue weighted by atomic mass is 16.5. The number of aliphatic hydroxyl groups is 2. The number of fused-ring (bicyclic) bond motifs is 3. The maximum absolute atomic E-state index is 13.7. The molecule has 0 unspecified atom stereocenters. The van der Waals surface area contributed by atoms with E-state index >= 15 is 0 Å². The SMILES string of the molecule is CCCCC/C=C/C=C/C(=O)[C@]1(O)[C@H](O)C[C@H](c2ccc3c(c2O)C(=O)c2cc4c(O)cc(C)cc4c(O)c2C3=O)O[C@@H]1C. The van der Waals surface area contributed by atoms with Gasteiger partial charge in [-0.05, 0) is 62.6 Å². The van der Waals surface area contributed by atoms with Crippen LogP contribution in [0.1, 0.15) is 95.0 Å². The minimum Gasteiger partial charge on any atom is -0.507 e. The van der Waals surface area contributed by atoms with Crippen LogP contribution in [0.4, 0.5) is 0 Å². The molecule has 0 radical (unpaired) electrons. The summed E-state index contributed by atoms with van der Waals surface area (Å²) in [4.78, 5) is 40.2. The summed E-state index contributed by atoms with van der Waals surface area (Å²) in [6, 6.07) is 7.10. The van der Waals surface area contributed by atoms with Crippen molar-refractivity contribution in [2.75, 3.05) is 0 Å². The van der Waals surface area contributed by atoms with Crippen molar-refractivity contribution in [2.45, 2.75) is 76.8 Å². The summed E-state index contributed by atoms with van der Waals surface area (Å²) in [5, 5.41) is 55.4. The molecule has 44 heavy (non-hydrogen) atoms. The van der Waals surface area contributed by atoms with E-state index in [1.54, 1.807) is 19.1 Å². The average Bonchev–Trinajstić information content (AvgIpc) is 2.98. The fourth-order valence-electron chi connectivity index (χ4n) is 6.16. The van der Waals surface area contributed by atoms with Crippen molar-refractivity contribution in [1.82, 2.24) is 0 Å². The van der Waals surface area contributed by atoms with Gasteiger partial charge in [0.1, 0.15) is 17.2 Å². The highest BCUT2D eigenvalue weighted by Crippen LogP contribution is 2.46. The lowest BCUT2D eigenvalue weighted by Crippen LogP contribution is -2.61. The number of allylic oxidation sites excluding steroid dienone is 3. The van der Waals surface area contributed by atoms with E-state index in [0.717, 1.165) is 25.7 Å². The van der Waals surface area contributed by atoms with Gasteiger partial charge in [-0.2, -0.15) is 0 Å². The summed E-state index contributed by atoms with van der Waals surface area (Å²) in [5.74, 6) is -3.32. The van der Waals surface area contributed by atoms with Crippen LogP contribution in [0.2, 0.25) is 0 Å². The van der Waals surface area contributed by atoms with E-state index in [0.29, 0.717) is 5.56 Å². The second kappa shape index (κ2) is 12.0. The second-order valence-electron chi connectivity index (χ2n) is 11.6. The Balaban J connectivity index is 1.43. The quantitative estimate of drug-likeness (QED) is 0.103. The molecule has 0 bridgehead atoms. The number of ether oxygens (including phenoxy) is 1. The lowest BCUT2D eigenvalue weighted by Gasteiger charge is -2.43. The fourth-order valence-corrected chi connectivity index (χ4v) is 6.16. The molecular formula is C35H36O9. The van der Waals surface area contributed by atoms with Gasteiger partial charge in [-0.25, -0.2) is 0 Å². The first kappa shape index (κ1) is 31.1. The van der Waals surface area contributed by atoms with Crippen molar-refractivity contribution in [3.8, 4) is 17.2 Å². The fraction of sp³-hybridized carbons (Fsp3) is 0.343. The Bertz CT molecular complexity index is 1720. The van der Waals surface area contributed by atoms with E-state index in [1.807, 2.05) is 6.08 Å². The smallest absolute Gasteiger partial charge is 0.198 e. The van der Waals surface area contributed by atoms with Gasteiger partial charge in [-0.15, -0.1) is 0 Å². The zero-order valence-electron chi connectivity index (χ0n) is 24.8. The summed E-state index contributed by atoms with van der Waals surface area (Å²) in [6.07, 6.45) is 6.39. The third-order valence-corrected chi connectivity index (χ3v) is 8.65. The number of carbonyl (C=O) groups excluding carboxylic acids is 3. The van der Waals surface area contributed by atoms with Gasteiger partial charge in [0.2, 0.25) is 0 Å². The normalized spacial score (nSPS) is 23.4. The van der Waals surface area contributed by atoms with E-state index < -0.39 is 52.8 Å². The molecule has 0 aromatic heterocycles. The lowest BCUT2D eigenvalue weighted by atomic mass is 9.77. The number of carbonyl (C=O) groups is 3. The summed E-state index contributed by atoms with van der Waals surface area (Å²) >= 11 is 0. The molecule has 9 heteroatoms. The first-order chi connectivity index (χ1) is 20.9. The Labute approximate surface area is 254 Å². The van der Waals surface area contributed by atoms with Crippen molar-refractivity contribution in [3.05, 3.63) is 88.0 Å². The van der Waals surface area contributed by atoms with Crippen molar-refractivity contribution in [1.29, 1.82) is 0 Å². The Kier molecular flexibility index (Phi) is 8.49. The molecule has 0 amide bonds. The molecular weight excluding hydrogens is 564 g/mol. The van der Waals surface area contributed by atoms with E-state index in [1.165, 1.54) is 43.3 Å². The van der Waals surface area contributed by atoms with Crippen molar-refractivity contribution in [3.63, 3.8) is 0 Å². The molecule has 5 rings (SSSR count). The number of unbranched alkanes of at least 4 members (excludes halogenated alkanes) is 3. The first-order valence-electron chi connectivity index (χ1n) is 14.8. The third kappa shape index (κ3) is 5.11. The molecule has 3 aromatic rings. The van der Waals surface area contributed by atoms with Crippen molar-refractivity contribution >= 4 is 28.1 Å². The standard InChI is InChI=1S/C35H36O9/c1-4-5-6-7-8-9-10-11-27(37)35(43)19(3)44-26(17-28(35)38)20-12-13-21-29(31(20)39)34(42)24-16-22-23(14-18(2)15-25(22)36)33(41)30(24)32(21)40/h8-16,19,26,28,36,38-39,41,43H,4-7,17H2,1-3H3/b9-8+,11-10+/t19-,26-,28-,35+/m1/s1. The third-order valence-electron chi connectivity index (χ3n) is 8.65. The number of aromatic hydroxyl groups is 3. The maximum atomic E-state index is 13.7. The van der Waals surface area contributed by atoms with E-state index in [4.69, 9.17) is 4.74 Å². The predicted octanol–water partition coefficient (Wildman–Crippen LogP) is 5.24. The molecule has 0 saturated carbocycles. The number of phenols is 3. The number of aryl methyl sites for hydroxylation is 1. The number of phenolic OH excluding ortho intramolecular Hbond substituents is 3. The molecule has 5 N–H and O–H groups in total. The minimum absolute atomic E-state index is 0.0859. The molecule has 1 fully saturated rings. The Morgan fingerprint density at radius 1 is 0.977 bits per heavy atom. The monoisotopic (exact) mass is 600 g/mol. The van der Waals surface area contributed by atoms with Crippen LogP contribution in [0.25, 0.3) is 10.8 Å². The molecule has 1 heterocycles. The first-order valence-corrected chi connectivity index (χ1v) is 14.8. The van der Waals surface area contributed by atoms with Gasteiger partial charge < -0.3 is 30.3 Å². The van der Waals surface area contributed by atoms with Crippen LogP contribution in [-0.4, -0.2) is 60.7 Å². The Morgan fingerprint density at radius 2 is 1.68 bits per heavy atom. The molecule has 1 aliphatic heterocycles. The number of hydrogen-bond donors (Lipinski definition) is 5. The number of rotatable bonds is 8. The van der Waals surface area contributed by atoms with Crippen molar-refractivity contribution in [2.24, 2.45) is 0 Å². The number of aliphatic hydroxyl groups excluding tert-OH is 1. The molecule has 9 nitrogen and oxygen atoms in total. The van der Waals surface area contributed by atoms with Gasteiger partial charge in [-0.1, -0.05) is 44.1 Å². The summed E-state index contributed by atoms with van der Waals surface area (Å²) < 4.78 is 5.95. The summed E-state index contributed by atoms with van der Waals surface area (Å²) in [7, 11) is 0. The highest BCUT2D eigenvalue weighted by molar-refractivity contribution is 6.32. The molecule has 3 aromatic carbocycles. The molecule has 230 valence electrons. The summed E-state index contributed by atoms with van der Waals surface area (Å²) in [6.45, 7) is 5.26. The second-order valence-corrected chi connectivity index (χ2v) is 11.6. The molecule has 4 atom stereocenters. The number of benzene rings is 3. The molecule has 1 saturated heterocycles. The van der Waals surface area contributed by atoms with Gasteiger partial charge in [0, 0.05) is 33.9 Å². The Hall–Kier alpha value is -4.31.